The zero-order valence-electron chi connectivity index (χ0n) is 23.9. The van der Waals surface area contributed by atoms with E-state index in [1.807, 2.05) is 12.4 Å². The van der Waals surface area contributed by atoms with Crippen LogP contribution in [0.15, 0.2) is 53.9 Å². The third kappa shape index (κ3) is 4.79. The number of H-pyrrole nitrogens is 2. The second-order valence-electron chi connectivity index (χ2n) is 13.0. The number of nitrogens with one attached hydrogen (secondary N) is 4. The van der Waals surface area contributed by atoms with Gasteiger partial charge in [0.2, 0.25) is 0 Å². The summed E-state index contributed by atoms with van der Waals surface area (Å²) < 4.78 is 0. The Kier molecular flexibility index (Phi) is 6.46. The van der Waals surface area contributed by atoms with Crippen molar-refractivity contribution in [2.24, 2.45) is 11.3 Å². The molecule has 3 unspecified atom stereocenters. The fraction of sp³-hybridized carbons (Fsp3) is 0.486. The largest absolute Gasteiger partial charge is 0.341 e. The topological polar surface area (TPSA) is 81.4 Å². The van der Waals surface area contributed by atoms with Crippen molar-refractivity contribution in [3.05, 3.63) is 76.8 Å². The van der Waals surface area contributed by atoms with Crippen LogP contribution in [0.2, 0.25) is 0 Å². The first-order chi connectivity index (χ1) is 20.2. The van der Waals surface area contributed by atoms with E-state index in [2.05, 4.69) is 72.8 Å². The summed E-state index contributed by atoms with van der Waals surface area (Å²) in [6.45, 7) is 2.16. The number of benzene rings is 1. The summed E-state index contributed by atoms with van der Waals surface area (Å²) in [5.41, 5.74) is 9.69. The lowest BCUT2D eigenvalue weighted by Crippen LogP contribution is -2.14. The van der Waals surface area contributed by atoms with Gasteiger partial charge in [-0.05, 0) is 104 Å². The number of imidazole rings is 2. The molecule has 6 nitrogen and oxygen atoms in total. The van der Waals surface area contributed by atoms with E-state index in [0.29, 0.717) is 23.4 Å². The van der Waals surface area contributed by atoms with Gasteiger partial charge in [-0.1, -0.05) is 54.7 Å². The monoisotopic (exact) mass is 544 g/mol. The highest BCUT2D eigenvalue weighted by Gasteiger charge is 2.44. The van der Waals surface area contributed by atoms with Crippen LogP contribution in [0.25, 0.3) is 16.8 Å². The molecule has 4 heterocycles. The number of rotatable bonds is 4. The first-order valence-corrected chi connectivity index (χ1v) is 15.8. The smallest absolute Gasteiger partial charge is 0.124 e. The van der Waals surface area contributed by atoms with Gasteiger partial charge in [0.25, 0.3) is 0 Å². The van der Waals surface area contributed by atoms with Crippen molar-refractivity contribution in [1.29, 1.82) is 0 Å². The Balaban J connectivity index is 1.04. The number of nitrogens with zero attached hydrogens (tertiary/aromatic N) is 2. The van der Waals surface area contributed by atoms with Crippen molar-refractivity contribution in [2.75, 3.05) is 13.1 Å². The summed E-state index contributed by atoms with van der Waals surface area (Å²) in [6.07, 6.45) is 20.0. The first-order valence-electron chi connectivity index (χ1n) is 15.8. The van der Waals surface area contributed by atoms with Crippen LogP contribution < -0.4 is 10.6 Å². The maximum Gasteiger partial charge on any atom is 0.124 e. The van der Waals surface area contributed by atoms with Gasteiger partial charge in [-0.3, -0.25) is 0 Å². The maximum atomic E-state index is 4.68. The van der Waals surface area contributed by atoms with Crippen LogP contribution in [0.4, 0.5) is 0 Å². The lowest BCUT2D eigenvalue weighted by atomic mass is 9.81. The highest BCUT2D eigenvalue weighted by molar-refractivity contribution is 5.83. The number of hydrogen-bond donors (Lipinski definition) is 4. The van der Waals surface area contributed by atoms with Crippen LogP contribution in [-0.2, 0) is 0 Å². The molecule has 0 radical (unpaired) electrons. The third-order valence-corrected chi connectivity index (χ3v) is 10.3. The summed E-state index contributed by atoms with van der Waals surface area (Å²) in [7, 11) is 0. The number of aromatic nitrogens is 4. The molecule has 1 saturated carbocycles. The summed E-state index contributed by atoms with van der Waals surface area (Å²) >= 11 is 0. The standard InChI is InChI=1S/C35H40N6/c1-2-16-35(15-1)19-28-24(11-13-26-21-38-33(40-26)30-5-3-17-36-30)12-14-27(29(28)20-35)23-7-9-25(10-8-23)32-22-39-34(41-32)31-6-4-18-37-31/h7-10,14,21-22,24,30-31,36-37H,1-6,12,15-20H2,(H,38,40)(H,39,41). The molecule has 0 amide bonds. The van der Waals surface area contributed by atoms with Crippen LogP contribution in [0, 0.1) is 23.2 Å². The Morgan fingerprint density at radius 2 is 1.49 bits per heavy atom. The van der Waals surface area contributed by atoms with Crippen molar-refractivity contribution < 1.29 is 0 Å². The third-order valence-electron chi connectivity index (χ3n) is 10.3. The molecule has 3 atom stereocenters. The Morgan fingerprint density at radius 1 is 0.780 bits per heavy atom. The van der Waals surface area contributed by atoms with Crippen molar-refractivity contribution in [3.63, 3.8) is 0 Å². The molecule has 5 aliphatic rings. The Hall–Kier alpha value is -3.40. The van der Waals surface area contributed by atoms with Gasteiger partial charge in [-0.25, -0.2) is 9.97 Å². The van der Waals surface area contributed by atoms with Crippen molar-refractivity contribution in [3.8, 4) is 23.1 Å². The second kappa shape index (κ2) is 10.5. The molecular weight excluding hydrogens is 504 g/mol. The van der Waals surface area contributed by atoms with E-state index in [4.69, 9.17) is 0 Å². The molecule has 41 heavy (non-hydrogen) atoms. The van der Waals surface area contributed by atoms with Crippen LogP contribution in [0.3, 0.4) is 0 Å². The van der Waals surface area contributed by atoms with Gasteiger partial charge >= 0.3 is 0 Å². The molecular formula is C35H40N6. The van der Waals surface area contributed by atoms with E-state index in [1.54, 1.807) is 11.1 Å². The summed E-state index contributed by atoms with van der Waals surface area (Å²) in [5, 5.41) is 7.07. The van der Waals surface area contributed by atoms with Crippen molar-refractivity contribution in [2.45, 2.75) is 82.7 Å². The summed E-state index contributed by atoms with van der Waals surface area (Å²) in [5.74, 6) is 9.57. The number of hydrogen-bond acceptors (Lipinski definition) is 4. The summed E-state index contributed by atoms with van der Waals surface area (Å²) in [4.78, 5) is 16.4. The minimum atomic E-state index is 0.303. The van der Waals surface area contributed by atoms with Crippen LogP contribution in [0.5, 0.6) is 0 Å². The fourth-order valence-electron chi connectivity index (χ4n) is 8.15. The average molecular weight is 545 g/mol. The average Bonchev–Trinajstić information content (AvgIpc) is 3.83. The minimum absolute atomic E-state index is 0.303. The van der Waals surface area contributed by atoms with E-state index in [1.165, 1.54) is 68.1 Å². The van der Waals surface area contributed by atoms with Gasteiger partial charge < -0.3 is 20.6 Å². The van der Waals surface area contributed by atoms with Crippen LogP contribution >= 0.6 is 0 Å². The van der Waals surface area contributed by atoms with E-state index in [-0.39, 0.29) is 0 Å². The molecule has 2 aromatic heterocycles. The van der Waals surface area contributed by atoms with E-state index >= 15 is 0 Å². The normalized spacial score (nSPS) is 26.8. The minimum Gasteiger partial charge on any atom is -0.341 e. The van der Waals surface area contributed by atoms with E-state index in [0.717, 1.165) is 55.4 Å². The lowest BCUT2D eigenvalue weighted by molar-refractivity contribution is 0.313. The Bertz CT molecular complexity index is 1540. The maximum absolute atomic E-state index is 4.68. The van der Waals surface area contributed by atoms with Gasteiger partial charge in [-0.2, -0.15) is 0 Å². The van der Waals surface area contributed by atoms with E-state index in [9.17, 15) is 0 Å². The zero-order valence-corrected chi connectivity index (χ0v) is 23.9. The van der Waals surface area contributed by atoms with Crippen LogP contribution in [-0.4, -0.2) is 33.0 Å². The van der Waals surface area contributed by atoms with Gasteiger partial charge in [0, 0.05) is 5.92 Å². The van der Waals surface area contributed by atoms with Gasteiger partial charge in [-0.15, -0.1) is 0 Å². The van der Waals surface area contributed by atoms with Crippen LogP contribution in [0.1, 0.15) is 106 Å². The molecule has 3 aliphatic carbocycles. The van der Waals surface area contributed by atoms with Gasteiger partial charge in [0.15, 0.2) is 0 Å². The SMILES string of the molecule is C(#CC1CC=C(c2ccc(-c3cnc(C4CCCN4)[nH]3)cc2)C2=C1CC1(CCCC1)C2)c1cnc(C2CCCN2)[nH]1. The molecule has 6 heteroatoms. The Morgan fingerprint density at radius 3 is 2.22 bits per heavy atom. The van der Waals surface area contributed by atoms with Gasteiger partial charge in [0.1, 0.15) is 17.3 Å². The quantitative estimate of drug-likeness (QED) is 0.274. The van der Waals surface area contributed by atoms with E-state index < -0.39 is 0 Å². The van der Waals surface area contributed by atoms with Crippen molar-refractivity contribution >= 4 is 5.57 Å². The Labute approximate surface area is 242 Å². The van der Waals surface area contributed by atoms with Gasteiger partial charge in [0.05, 0.1) is 30.2 Å². The second-order valence-corrected chi connectivity index (χ2v) is 13.0. The molecule has 1 aromatic carbocycles. The molecule has 2 saturated heterocycles. The predicted octanol–water partition coefficient (Wildman–Crippen LogP) is 6.75. The van der Waals surface area contributed by atoms with Crippen molar-refractivity contribution in [1.82, 2.24) is 30.6 Å². The number of allylic oxidation sites excluding steroid dienone is 4. The fourth-order valence-corrected chi connectivity index (χ4v) is 8.15. The molecule has 3 fully saturated rings. The molecule has 4 N–H and O–H groups in total. The zero-order chi connectivity index (χ0) is 27.2. The lowest BCUT2D eigenvalue weighted by Gasteiger charge is -2.23. The summed E-state index contributed by atoms with van der Waals surface area (Å²) in [6, 6.07) is 9.86. The highest BCUT2D eigenvalue weighted by atomic mass is 15.0. The molecule has 210 valence electrons. The molecule has 3 aromatic rings. The first kappa shape index (κ1) is 25.3. The predicted molar refractivity (Wildman–Crippen MR) is 163 cm³/mol. The number of aromatic amines is 2. The molecule has 0 bridgehead atoms. The molecule has 8 rings (SSSR count). The highest BCUT2D eigenvalue weighted by Crippen LogP contribution is 2.58. The molecule has 1 spiro atoms. The molecule has 2 aliphatic heterocycles.